The second kappa shape index (κ2) is 9.04. The van der Waals surface area contributed by atoms with Crippen molar-refractivity contribution in [3.8, 4) is 6.07 Å². The number of hydrogen-bond acceptors (Lipinski definition) is 4. The van der Waals surface area contributed by atoms with E-state index in [9.17, 15) is 14.9 Å². The molecular weight excluding hydrogens is 363 g/mol. The van der Waals surface area contributed by atoms with Crippen LogP contribution in [0.15, 0.2) is 18.2 Å². The van der Waals surface area contributed by atoms with E-state index in [1.54, 1.807) is 32.2 Å². The van der Waals surface area contributed by atoms with E-state index in [-0.39, 0.29) is 30.8 Å². The fourth-order valence-corrected chi connectivity index (χ4v) is 2.46. The van der Waals surface area contributed by atoms with E-state index in [4.69, 9.17) is 23.2 Å². The molecule has 0 fully saturated rings. The van der Waals surface area contributed by atoms with E-state index in [2.05, 4.69) is 16.7 Å². The summed E-state index contributed by atoms with van der Waals surface area (Å²) in [5.41, 5.74) is -0.615. The van der Waals surface area contributed by atoms with Gasteiger partial charge in [0.15, 0.2) is 0 Å². The zero-order valence-corrected chi connectivity index (χ0v) is 16.2. The van der Waals surface area contributed by atoms with E-state index in [0.29, 0.717) is 15.7 Å². The molecule has 0 aliphatic rings. The van der Waals surface area contributed by atoms with Gasteiger partial charge in [-0.3, -0.25) is 14.5 Å². The van der Waals surface area contributed by atoms with Crippen LogP contribution in [0.5, 0.6) is 0 Å². The van der Waals surface area contributed by atoms with Gasteiger partial charge >= 0.3 is 0 Å². The SMILES string of the molecule is CC(C)[C@@](C)(C#N)NC(=O)CN(C)CC(=O)Nc1c(Cl)cccc1Cl. The minimum absolute atomic E-state index is 0.0202. The number of amides is 2. The Morgan fingerprint density at radius 3 is 2.24 bits per heavy atom. The second-order valence-corrected chi connectivity index (χ2v) is 7.15. The normalized spacial score (nSPS) is 13.2. The van der Waals surface area contributed by atoms with Gasteiger partial charge in [0.25, 0.3) is 0 Å². The summed E-state index contributed by atoms with van der Waals surface area (Å²) in [6.45, 7) is 5.33. The Balaban J connectivity index is 2.59. The van der Waals surface area contributed by atoms with Gasteiger partial charge in [-0.2, -0.15) is 5.26 Å². The third-order valence-electron chi connectivity index (χ3n) is 3.84. The summed E-state index contributed by atoms with van der Waals surface area (Å²) < 4.78 is 0. The Morgan fingerprint density at radius 1 is 1.24 bits per heavy atom. The van der Waals surface area contributed by atoms with Crippen molar-refractivity contribution < 1.29 is 9.59 Å². The number of carbonyl (C=O) groups is 2. The molecule has 0 radical (unpaired) electrons. The summed E-state index contributed by atoms with van der Waals surface area (Å²) in [7, 11) is 1.63. The van der Waals surface area contributed by atoms with Crippen molar-refractivity contribution >= 4 is 40.7 Å². The fraction of sp³-hybridized carbons (Fsp3) is 0.471. The van der Waals surface area contributed by atoms with Gasteiger partial charge < -0.3 is 10.6 Å². The van der Waals surface area contributed by atoms with Crippen molar-refractivity contribution in [2.75, 3.05) is 25.5 Å². The highest BCUT2D eigenvalue weighted by Crippen LogP contribution is 2.29. The molecule has 25 heavy (non-hydrogen) atoms. The molecule has 2 N–H and O–H groups in total. The number of anilines is 1. The minimum Gasteiger partial charge on any atom is -0.337 e. The van der Waals surface area contributed by atoms with Crippen molar-refractivity contribution in [2.24, 2.45) is 5.92 Å². The average molecular weight is 385 g/mol. The van der Waals surface area contributed by atoms with Crippen molar-refractivity contribution in [3.05, 3.63) is 28.2 Å². The van der Waals surface area contributed by atoms with E-state index >= 15 is 0 Å². The topological polar surface area (TPSA) is 85.2 Å². The molecule has 1 rings (SSSR count). The second-order valence-electron chi connectivity index (χ2n) is 6.33. The lowest BCUT2D eigenvalue weighted by Crippen LogP contribution is -2.51. The highest BCUT2D eigenvalue weighted by atomic mass is 35.5. The van der Waals surface area contributed by atoms with Gasteiger partial charge in [0, 0.05) is 0 Å². The molecule has 136 valence electrons. The minimum atomic E-state index is -0.953. The summed E-state index contributed by atoms with van der Waals surface area (Å²) in [4.78, 5) is 25.7. The molecule has 0 saturated carbocycles. The molecule has 2 amide bonds. The number of carbonyl (C=O) groups excluding carboxylic acids is 2. The van der Waals surface area contributed by atoms with Crippen molar-refractivity contribution in [1.82, 2.24) is 10.2 Å². The van der Waals surface area contributed by atoms with Crippen LogP contribution in [0.4, 0.5) is 5.69 Å². The molecule has 0 aliphatic carbocycles. The standard InChI is InChI=1S/C17H22Cl2N4O2/c1-11(2)17(3,10-20)22-15(25)9-23(4)8-14(24)21-16-12(18)6-5-7-13(16)19/h5-7,11H,8-9H2,1-4H3,(H,21,24)(H,22,25)/t17-/m1/s1. The number of halogens is 2. The number of para-hydroxylation sites is 1. The number of benzene rings is 1. The Kier molecular flexibility index (Phi) is 7.68. The molecule has 8 heteroatoms. The summed E-state index contributed by atoms with van der Waals surface area (Å²) in [5, 5.41) is 15.2. The molecular formula is C17H22Cl2N4O2. The molecule has 0 saturated heterocycles. The van der Waals surface area contributed by atoms with Crippen molar-refractivity contribution in [1.29, 1.82) is 5.26 Å². The molecule has 0 aliphatic heterocycles. The van der Waals surface area contributed by atoms with E-state index < -0.39 is 5.54 Å². The van der Waals surface area contributed by atoms with Crippen LogP contribution < -0.4 is 10.6 Å². The van der Waals surface area contributed by atoms with E-state index in [1.165, 1.54) is 4.90 Å². The van der Waals surface area contributed by atoms with Gasteiger partial charge in [-0.15, -0.1) is 0 Å². The van der Waals surface area contributed by atoms with Crippen LogP contribution in [0.25, 0.3) is 0 Å². The predicted octanol–water partition coefficient (Wildman–Crippen LogP) is 2.92. The van der Waals surface area contributed by atoms with Gasteiger partial charge in [-0.1, -0.05) is 43.1 Å². The number of likely N-dealkylation sites (N-methyl/N-ethyl adjacent to an activating group) is 1. The molecule has 1 aromatic carbocycles. The lowest BCUT2D eigenvalue weighted by molar-refractivity contribution is -0.124. The number of nitrogens with zero attached hydrogens (tertiary/aromatic N) is 2. The first-order chi connectivity index (χ1) is 11.6. The first-order valence-electron chi connectivity index (χ1n) is 7.73. The highest BCUT2D eigenvalue weighted by Gasteiger charge is 2.30. The average Bonchev–Trinajstić information content (AvgIpc) is 2.50. The van der Waals surface area contributed by atoms with Crippen molar-refractivity contribution in [3.63, 3.8) is 0 Å². The quantitative estimate of drug-likeness (QED) is 0.756. The zero-order valence-electron chi connectivity index (χ0n) is 14.7. The molecule has 6 nitrogen and oxygen atoms in total. The Labute approximate surface area is 158 Å². The van der Waals surface area contributed by atoms with Gasteiger partial charge in [0.2, 0.25) is 11.8 Å². The van der Waals surface area contributed by atoms with Crippen molar-refractivity contribution in [2.45, 2.75) is 26.3 Å². The van der Waals surface area contributed by atoms with Crippen LogP contribution in [0.1, 0.15) is 20.8 Å². The predicted molar refractivity (Wildman–Crippen MR) is 99.6 cm³/mol. The lowest BCUT2D eigenvalue weighted by Gasteiger charge is -2.28. The smallest absolute Gasteiger partial charge is 0.238 e. The number of rotatable bonds is 7. The van der Waals surface area contributed by atoms with E-state index in [0.717, 1.165) is 0 Å². The van der Waals surface area contributed by atoms with Crippen LogP contribution in [0.3, 0.4) is 0 Å². The van der Waals surface area contributed by atoms with Crippen LogP contribution in [0, 0.1) is 17.2 Å². The first-order valence-corrected chi connectivity index (χ1v) is 8.49. The largest absolute Gasteiger partial charge is 0.337 e. The Hall–Kier alpha value is -1.81. The molecule has 1 atom stereocenters. The fourth-order valence-electron chi connectivity index (χ4n) is 1.97. The van der Waals surface area contributed by atoms with Crippen LogP contribution in [-0.4, -0.2) is 42.4 Å². The number of nitriles is 1. The molecule has 0 unspecified atom stereocenters. The summed E-state index contributed by atoms with van der Waals surface area (Å²) in [5.74, 6) is -0.724. The summed E-state index contributed by atoms with van der Waals surface area (Å²) in [6, 6.07) is 7.03. The lowest BCUT2D eigenvalue weighted by atomic mass is 9.90. The molecule has 0 aromatic heterocycles. The van der Waals surface area contributed by atoms with Gasteiger partial charge in [0.05, 0.1) is 34.9 Å². The van der Waals surface area contributed by atoms with Crippen LogP contribution in [0.2, 0.25) is 10.0 Å². The monoisotopic (exact) mass is 384 g/mol. The molecule has 1 aromatic rings. The van der Waals surface area contributed by atoms with Crippen LogP contribution >= 0.6 is 23.2 Å². The van der Waals surface area contributed by atoms with Gasteiger partial charge in [-0.05, 0) is 32.0 Å². The third-order valence-corrected chi connectivity index (χ3v) is 4.47. The number of hydrogen-bond donors (Lipinski definition) is 2. The third kappa shape index (κ3) is 6.20. The Morgan fingerprint density at radius 2 is 1.76 bits per heavy atom. The number of nitrogens with one attached hydrogen (secondary N) is 2. The summed E-state index contributed by atoms with van der Waals surface area (Å²) >= 11 is 12.0. The maximum Gasteiger partial charge on any atom is 0.238 e. The Bertz CT molecular complexity index is 667. The molecule has 0 bridgehead atoms. The highest BCUT2D eigenvalue weighted by molar-refractivity contribution is 6.39. The van der Waals surface area contributed by atoms with Gasteiger partial charge in [-0.25, -0.2) is 0 Å². The summed E-state index contributed by atoms with van der Waals surface area (Å²) in [6.07, 6.45) is 0. The maximum atomic E-state index is 12.1. The molecule has 0 spiro atoms. The molecule has 0 heterocycles. The van der Waals surface area contributed by atoms with Gasteiger partial charge in [0.1, 0.15) is 5.54 Å². The first kappa shape index (κ1) is 21.2. The zero-order chi connectivity index (χ0) is 19.2. The maximum absolute atomic E-state index is 12.1. The van der Waals surface area contributed by atoms with E-state index in [1.807, 2.05) is 13.8 Å². The van der Waals surface area contributed by atoms with Crippen LogP contribution in [-0.2, 0) is 9.59 Å².